The van der Waals surface area contributed by atoms with Crippen LogP contribution in [0.3, 0.4) is 0 Å². The lowest BCUT2D eigenvalue weighted by Crippen LogP contribution is -2.30. The second-order valence-electron chi connectivity index (χ2n) is 5.35. The number of aliphatic hydroxyl groups excluding tert-OH is 1. The van der Waals surface area contributed by atoms with Crippen LogP contribution in [-0.4, -0.2) is 17.8 Å². The second-order valence-corrected chi connectivity index (χ2v) is 5.35. The van der Waals surface area contributed by atoms with Gasteiger partial charge in [-0.3, -0.25) is 0 Å². The lowest BCUT2D eigenvalue weighted by atomic mass is 9.99. The Hall–Kier alpha value is -0.860. The predicted molar refractivity (Wildman–Crippen MR) is 75.7 cm³/mol. The molecular formula is C16H25NO. The van der Waals surface area contributed by atoms with Crippen LogP contribution in [0.5, 0.6) is 0 Å². The Morgan fingerprint density at radius 1 is 1.33 bits per heavy atom. The number of rotatable bonds is 5. The number of benzene rings is 1. The van der Waals surface area contributed by atoms with Crippen LogP contribution in [-0.2, 0) is 6.42 Å². The highest BCUT2D eigenvalue weighted by molar-refractivity contribution is 5.31. The normalized spacial score (nSPS) is 21.1. The summed E-state index contributed by atoms with van der Waals surface area (Å²) in [7, 11) is 0. The average Bonchev–Trinajstić information content (AvgIpc) is 2.59. The highest BCUT2D eigenvalue weighted by Gasteiger charge is 2.18. The summed E-state index contributed by atoms with van der Waals surface area (Å²) < 4.78 is 0. The third kappa shape index (κ3) is 3.56. The van der Waals surface area contributed by atoms with Crippen molar-refractivity contribution in [1.29, 1.82) is 0 Å². The second kappa shape index (κ2) is 6.91. The molecular weight excluding hydrogens is 222 g/mol. The topological polar surface area (TPSA) is 32.3 Å². The fourth-order valence-corrected chi connectivity index (χ4v) is 2.85. The van der Waals surface area contributed by atoms with E-state index in [0.29, 0.717) is 12.6 Å². The molecule has 18 heavy (non-hydrogen) atoms. The number of aryl methyl sites for hydroxylation is 1. The Labute approximate surface area is 110 Å². The highest BCUT2D eigenvalue weighted by atomic mass is 16.3. The SMILES string of the molecule is CCCC(O)CNC1CCCCc2ccccc21. The van der Waals surface area contributed by atoms with Crippen molar-refractivity contribution >= 4 is 0 Å². The fraction of sp³-hybridized carbons (Fsp3) is 0.625. The van der Waals surface area contributed by atoms with Crippen LogP contribution in [0.1, 0.15) is 56.2 Å². The monoisotopic (exact) mass is 247 g/mol. The minimum absolute atomic E-state index is 0.203. The zero-order valence-corrected chi connectivity index (χ0v) is 11.4. The van der Waals surface area contributed by atoms with E-state index in [2.05, 4.69) is 36.5 Å². The summed E-state index contributed by atoms with van der Waals surface area (Å²) in [6, 6.07) is 9.17. The molecule has 100 valence electrons. The highest BCUT2D eigenvalue weighted by Crippen LogP contribution is 2.28. The molecule has 0 amide bonds. The smallest absolute Gasteiger partial charge is 0.0664 e. The van der Waals surface area contributed by atoms with E-state index in [4.69, 9.17) is 0 Å². The molecule has 1 aromatic carbocycles. The molecule has 2 N–H and O–H groups in total. The van der Waals surface area contributed by atoms with E-state index in [-0.39, 0.29) is 6.10 Å². The standard InChI is InChI=1S/C16H25NO/c1-2-7-14(18)12-17-16-11-6-4-9-13-8-3-5-10-15(13)16/h3,5,8,10,14,16-18H,2,4,6-7,9,11-12H2,1H3. The van der Waals surface area contributed by atoms with Gasteiger partial charge in [-0.25, -0.2) is 0 Å². The Morgan fingerprint density at radius 3 is 3.00 bits per heavy atom. The number of fused-ring (bicyclic) bond motifs is 1. The van der Waals surface area contributed by atoms with Gasteiger partial charge in [0.1, 0.15) is 0 Å². The zero-order chi connectivity index (χ0) is 12.8. The summed E-state index contributed by atoms with van der Waals surface area (Å²) >= 11 is 0. The molecule has 1 aliphatic carbocycles. The maximum Gasteiger partial charge on any atom is 0.0664 e. The molecule has 2 atom stereocenters. The molecule has 0 saturated heterocycles. The molecule has 1 aromatic rings. The summed E-state index contributed by atoms with van der Waals surface area (Å²) in [5.74, 6) is 0. The molecule has 0 bridgehead atoms. The zero-order valence-electron chi connectivity index (χ0n) is 11.4. The van der Waals surface area contributed by atoms with Crippen molar-refractivity contribution in [1.82, 2.24) is 5.32 Å². The molecule has 2 nitrogen and oxygen atoms in total. The molecule has 2 rings (SSSR count). The van der Waals surface area contributed by atoms with Crippen LogP contribution in [0.2, 0.25) is 0 Å². The van der Waals surface area contributed by atoms with Gasteiger partial charge in [0.05, 0.1) is 6.10 Å². The van der Waals surface area contributed by atoms with E-state index in [1.54, 1.807) is 0 Å². The van der Waals surface area contributed by atoms with E-state index in [1.165, 1.54) is 36.8 Å². The molecule has 0 fully saturated rings. The van der Waals surface area contributed by atoms with Crippen LogP contribution in [0.4, 0.5) is 0 Å². The van der Waals surface area contributed by atoms with Crippen molar-refractivity contribution < 1.29 is 5.11 Å². The number of hydrogen-bond acceptors (Lipinski definition) is 2. The van der Waals surface area contributed by atoms with E-state index >= 15 is 0 Å². The van der Waals surface area contributed by atoms with Gasteiger partial charge in [0, 0.05) is 12.6 Å². The summed E-state index contributed by atoms with van der Waals surface area (Å²) in [5, 5.41) is 13.4. The van der Waals surface area contributed by atoms with Gasteiger partial charge in [0.25, 0.3) is 0 Å². The van der Waals surface area contributed by atoms with Crippen molar-refractivity contribution in [3.63, 3.8) is 0 Å². The summed E-state index contributed by atoms with van der Waals surface area (Å²) in [5.41, 5.74) is 2.93. The van der Waals surface area contributed by atoms with Crippen LogP contribution in [0, 0.1) is 0 Å². The lowest BCUT2D eigenvalue weighted by molar-refractivity contribution is 0.155. The maximum absolute atomic E-state index is 9.84. The first-order chi connectivity index (χ1) is 8.81. The largest absolute Gasteiger partial charge is 0.392 e. The van der Waals surface area contributed by atoms with Crippen molar-refractivity contribution in [2.24, 2.45) is 0 Å². The molecule has 0 saturated carbocycles. The third-order valence-electron chi connectivity index (χ3n) is 3.84. The van der Waals surface area contributed by atoms with Crippen molar-refractivity contribution in [3.05, 3.63) is 35.4 Å². The quantitative estimate of drug-likeness (QED) is 0.783. The number of nitrogens with one attached hydrogen (secondary N) is 1. The Kier molecular flexibility index (Phi) is 5.21. The van der Waals surface area contributed by atoms with Gasteiger partial charge in [0.15, 0.2) is 0 Å². The van der Waals surface area contributed by atoms with Gasteiger partial charge in [0.2, 0.25) is 0 Å². The van der Waals surface area contributed by atoms with Crippen molar-refractivity contribution in [2.75, 3.05) is 6.54 Å². The molecule has 1 aliphatic rings. The summed E-state index contributed by atoms with van der Waals surface area (Å²) in [6.45, 7) is 2.83. The minimum atomic E-state index is -0.203. The van der Waals surface area contributed by atoms with Gasteiger partial charge in [-0.2, -0.15) is 0 Å². The first kappa shape index (κ1) is 13.6. The molecule has 0 heterocycles. The molecule has 0 aromatic heterocycles. The fourth-order valence-electron chi connectivity index (χ4n) is 2.85. The summed E-state index contributed by atoms with van der Waals surface area (Å²) in [4.78, 5) is 0. The Bertz CT molecular complexity index is 364. The van der Waals surface area contributed by atoms with E-state index in [0.717, 1.165) is 12.8 Å². The van der Waals surface area contributed by atoms with Gasteiger partial charge in [-0.05, 0) is 36.8 Å². The van der Waals surface area contributed by atoms with Crippen LogP contribution in [0.15, 0.2) is 24.3 Å². The summed E-state index contributed by atoms with van der Waals surface area (Å²) in [6.07, 6.45) is 6.68. The lowest BCUT2D eigenvalue weighted by Gasteiger charge is -2.21. The van der Waals surface area contributed by atoms with E-state index in [1.807, 2.05) is 0 Å². The van der Waals surface area contributed by atoms with Gasteiger partial charge in [-0.1, -0.05) is 44.0 Å². The number of hydrogen-bond donors (Lipinski definition) is 2. The predicted octanol–water partition coefficient (Wildman–Crippen LogP) is 3.20. The van der Waals surface area contributed by atoms with Gasteiger partial charge >= 0.3 is 0 Å². The molecule has 2 heteroatoms. The minimum Gasteiger partial charge on any atom is -0.392 e. The first-order valence-corrected chi connectivity index (χ1v) is 7.30. The van der Waals surface area contributed by atoms with Crippen LogP contribution in [0.25, 0.3) is 0 Å². The van der Waals surface area contributed by atoms with Gasteiger partial charge < -0.3 is 10.4 Å². The average molecular weight is 247 g/mol. The van der Waals surface area contributed by atoms with Crippen LogP contribution >= 0.6 is 0 Å². The molecule has 0 radical (unpaired) electrons. The molecule has 0 spiro atoms. The Balaban J connectivity index is 1.99. The van der Waals surface area contributed by atoms with E-state index in [9.17, 15) is 5.11 Å². The third-order valence-corrected chi connectivity index (χ3v) is 3.84. The van der Waals surface area contributed by atoms with E-state index < -0.39 is 0 Å². The maximum atomic E-state index is 9.84. The first-order valence-electron chi connectivity index (χ1n) is 7.30. The molecule has 0 aliphatic heterocycles. The Morgan fingerprint density at radius 2 is 2.17 bits per heavy atom. The van der Waals surface area contributed by atoms with Crippen molar-refractivity contribution in [3.8, 4) is 0 Å². The van der Waals surface area contributed by atoms with Gasteiger partial charge in [-0.15, -0.1) is 0 Å². The van der Waals surface area contributed by atoms with Crippen LogP contribution < -0.4 is 5.32 Å². The molecule has 2 unspecified atom stereocenters. The number of aliphatic hydroxyl groups is 1. The van der Waals surface area contributed by atoms with Crippen molar-refractivity contribution in [2.45, 2.75) is 57.6 Å².